The number of aromatic carboxylic acids is 1. The van der Waals surface area contributed by atoms with E-state index in [1.54, 1.807) is 4.90 Å². The molecule has 1 heterocycles. The normalized spacial score (nSPS) is 15.9. The van der Waals surface area contributed by atoms with E-state index < -0.39 is 5.97 Å². The highest BCUT2D eigenvalue weighted by molar-refractivity contribution is 5.95. The Labute approximate surface area is 116 Å². The maximum atomic E-state index is 12.0. The molecule has 1 aliphatic rings. The number of carboxylic acids is 1. The summed E-state index contributed by atoms with van der Waals surface area (Å²) in [5.74, 6) is -1.56. The fourth-order valence-electron chi connectivity index (χ4n) is 2.00. The van der Waals surface area contributed by atoms with Crippen LogP contribution in [0.15, 0.2) is 18.2 Å². The Kier molecular flexibility index (Phi) is 4.09. The fraction of sp³-hybridized carbons (Fsp3) is 0.385. The zero-order valence-corrected chi connectivity index (χ0v) is 11.2. The highest BCUT2D eigenvalue weighted by Gasteiger charge is 2.19. The van der Waals surface area contributed by atoms with Crippen LogP contribution < -0.4 is 5.32 Å². The SMILES string of the molecule is CN1CCN(C(=O)Nc2ccc(O)c(C(=O)O)c2)CC1. The molecule has 2 amide bonds. The van der Waals surface area contributed by atoms with Crippen LogP contribution in [0.2, 0.25) is 0 Å². The van der Waals surface area contributed by atoms with Gasteiger partial charge in [0, 0.05) is 31.9 Å². The molecule has 0 atom stereocenters. The molecule has 3 N–H and O–H groups in total. The number of amides is 2. The molecule has 0 unspecified atom stereocenters. The second-order valence-electron chi connectivity index (χ2n) is 4.76. The molecule has 0 bridgehead atoms. The van der Waals surface area contributed by atoms with Crippen LogP contribution in [0.25, 0.3) is 0 Å². The molecule has 7 heteroatoms. The predicted octanol–water partition coefficient (Wildman–Crippen LogP) is 0.870. The van der Waals surface area contributed by atoms with E-state index in [2.05, 4.69) is 10.2 Å². The summed E-state index contributed by atoms with van der Waals surface area (Å²) in [4.78, 5) is 26.7. The molecule has 2 rings (SSSR count). The lowest BCUT2D eigenvalue weighted by Crippen LogP contribution is -2.48. The maximum Gasteiger partial charge on any atom is 0.339 e. The summed E-state index contributed by atoms with van der Waals surface area (Å²) in [6, 6.07) is 3.70. The standard InChI is InChI=1S/C13H17N3O4/c1-15-4-6-16(7-5-15)13(20)14-9-2-3-11(17)10(8-9)12(18)19/h2-3,8,17H,4-7H2,1H3,(H,14,20)(H,18,19). The lowest BCUT2D eigenvalue weighted by atomic mass is 10.2. The molecule has 20 heavy (non-hydrogen) atoms. The molecule has 1 saturated heterocycles. The number of carboxylic acid groups (broad SMARTS) is 1. The number of phenols is 1. The summed E-state index contributed by atoms with van der Waals surface area (Å²) in [5, 5.41) is 21.0. The zero-order chi connectivity index (χ0) is 14.7. The summed E-state index contributed by atoms with van der Waals surface area (Å²) >= 11 is 0. The Bertz CT molecular complexity index is 524. The number of hydrogen-bond acceptors (Lipinski definition) is 4. The molecular formula is C13H17N3O4. The van der Waals surface area contributed by atoms with Crippen molar-refractivity contribution in [2.24, 2.45) is 0 Å². The summed E-state index contributed by atoms with van der Waals surface area (Å²) in [6.45, 7) is 2.88. The minimum absolute atomic E-state index is 0.235. The number of anilines is 1. The van der Waals surface area contributed by atoms with Gasteiger partial charge in [0.2, 0.25) is 0 Å². The van der Waals surface area contributed by atoms with Gasteiger partial charge in [-0.15, -0.1) is 0 Å². The first-order valence-electron chi connectivity index (χ1n) is 6.28. The molecule has 0 radical (unpaired) electrons. The Hall–Kier alpha value is -2.28. The molecule has 0 spiro atoms. The van der Waals surface area contributed by atoms with Crippen LogP contribution in [0.3, 0.4) is 0 Å². The first-order valence-corrected chi connectivity index (χ1v) is 6.28. The van der Waals surface area contributed by atoms with Crippen molar-refractivity contribution < 1.29 is 19.8 Å². The monoisotopic (exact) mass is 279 g/mol. The minimum atomic E-state index is -1.24. The average Bonchev–Trinajstić information content (AvgIpc) is 2.41. The minimum Gasteiger partial charge on any atom is -0.507 e. The molecule has 108 valence electrons. The summed E-state index contributed by atoms with van der Waals surface area (Å²) < 4.78 is 0. The summed E-state index contributed by atoms with van der Waals surface area (Å²) in [7, 11) is 1.99. The number of hydrogen-bond donors (Lipinski definition) is 3. The Balaban J connectivity index is 2.04. The summed E-state index contributed by atoms with van der Waals surface area (Å²) in [6.07, 6.45) is 0. The van der Waals surface area contributed by atoms with Crippen LogP contribution in [0, 0.1) is 0 Å². The molecule has 0 aromatic heterocycles. The quantitative estimate of drug-likeness (QED) is 0.698. The number of aromatic hydroxyl groups is 1. The van der Waals surface area contributed by atoms with Gasteiger partial charge < -0.3 is 25.3 Å². The van der Waals surface area contributed by atoms with Gasteiger partial charge in [-0.3, -0.25) is 0 Å². The van der Waals surface area contributed by atoms with E-state index in [4.69, 9.17) is 5.11 Å². The largest absolute Gasteiger partial charge is 0.507 e. The molecule has 1 aromatic carbocycles. The van der Waals surface area contributed by atoms with Crippen LogP contribution in [-0.4, -0.2) is 65.2 Å². The van der Waals surface area contributed by atoms with Crippen LogP contribution in [0.5, 0.6) is 5.75 Å². The Morgan fingerprint density at radius 1 is 1.20 bits per heavy atom. The number of piperazine rings is 1. The van der Waals surface area contributed by atoms with Crippen molar-refractivity contribution >= 4 is 17.7 Å². The van der Waals surface area contributed by atoms with E-state index >= 15 is 0 Å². The van der Waals surface area contributed by atoms with E-state index in [1.165, 1.54) is 18.2 Å². The third-order valence-electron chi connectivity index (χ3n) is 3.27. The van der Waals surface area contributed by atoms with Crippen LogP contribution in [0.1, 0.15) is 10.4 Å². The maximum absolute atomic E-state index is 12.0. The van der Waals surface area contributed by atoms with Crippen molar-refractivity contribution in [3.8, 4) is 5.75 Å². The smallest absolute Gasteiger partial charge is 0.339 e. The zero-order valence-electron chi connectivity index (χ0n) is 11.2. The molecule has 1 aromatic rings. The van der Waals surface area contributed by atoms with Crippen molar-refractivity contribution in [3.63, 3.8) is 0 Å². The van der Waals surface area contributed by atoms with Gasteiger partial charge in [0.1, 0.15) is 11.3 Å². The van der Waals surface area contributed by atoms with E-state index in [9.17, 15) is 14.7 Å². The number of benzene rings is 1. The van der Waals surface area contributed by atoms with Gasteiger partial charge in [-0.1, -0.05) is 0 Å². The first kappa shape index (κ1) is 14.1. The van der Waals surface area contributed by atoms with E-state index in [-0.39, 0.29) is 17.3 Å². The predicted molar refractivity (Wildman–Crippen MR) is 73.2 cm³/mol. The molecular weight excluding hydrogens is 262 g/mol. The lowest BCUT2D eigenvalue weighted by Gasteiger charge is -2.32. The Morgan fingerprint density at radius 2 is 1.85 bits per heavy atom. The van der Waals surface area contributed by atoms with Gasteiger partial charge >= 0.3 is 12.0 Å². The lowest BCUT2D eigenvalue weighted by molar-refractivity contribution is 0.0693. The van der Waals surface area contributed by atoms with Gasteiger partial charge in [-0.25, -0.2) is 9.59 Å². The number of nitrogens with zero attached hydrogens (tertiary/aromatic N) is 2. The number of rotatable bonds is 2. The third kappa shape index (κ3) is 3.18. The van der Waals surface area contributed by atoms with E-state index in [1.807, 2.05) is 7.05 Å². The van der Waals surface area contributed by atoms with Gasteiger partial charge in [0.25, 0.3) is 0 Å². The van der Waals surface area contributed by atoms with Gasteiger partial charge in [-0.05, 0) is 25.2 Å². The number of carbonyl (C=O) groups excluding carboxylic acids is 1. The number of nitrogens with one attached hydrogen (secondary N) is 1. The van der Waals surface area contributed by atoms with Crippen LogP contribution in [-0.2, 0) is 0 Å². The van der Waals surface area contributed by atoms with Crippen LogP contribution in [0.4, 0.5) is 10.5 Å². The second kappa shape index (κ2) is 5.79. The van der Waals surface area contributed by atoms with Crippen molar-refractivity contribution in [2.75, 3.05) is 38.5 Å². The fourth-order valence-corrected chi connectivity index (χ4v) is 2.00. The number of likely N-dealkylation sites (N-methyl/N-ethyl adjacent to an activating group) is 1. The highest BCUT2D eigenvalue weighted by Crippen LogP contribution is 2.21. The molecule has 0 saturated carbocycles. The van der Waals surface area contributed by atoms with Crippen molar-refractivity contribution in [1.82, 2.24) is 9.80 Å². The first-order chi connectivity index (χ1) is 9.47. The number of carbonyl (C=O) groups is 2. The second-order valence-corrected chi connectivity index (χ2v) is 4.76. The molecule has 0 aliphatic carbocycles. The third-order valence-corrected chi connectivity index (χ3v) is 3.27. The van der Waals surface area contributed by atoms with Crippen molar-refractivity contribution in [1.29, 1.82) is 0 Å². The highest BCUT2D eigenvalue weighted by atomic mass is 16.4. The van der Waals surface area contributed by atoms with Crippen molar-refractivity contribution in [3.05, 3.63) is 23.8 Å². The van der Waals surface area contributed by atoms with E-state index in [0.717, 1.165) is 13.1 Å². The van der Waals surface area contributed by atoms with Gasteiger partial charge in [0.15, 0.2) is 0 Å². The topological polar surface area (TPSA) is 93.1 Å². The molecule has 1 fully saturated rings. The average molecular weight is 279 g/mol. The van der Waals surface area contributed by atoms with Gasteiger partial charge in [0.05, 0.1) is 0 Å². The van der Waals surface area contributed by atoms with E-state index in [0.29, 0.717) is 18.8 Å². The Morgan fingerprint density at radius 3 is 2.45 bits per heavy atom. The molecule has 1 aliphatic heterocycles. The van der Waals surface area contributed by atoms with Crippen LogP contribution >= 0.6 is 0 Å². The van der Waals surface area contributed by atoms with Gasteiger partial charge in [-0.2, -0.15) is 0 Å². The van der Waals surface area contributed by atoms with Crippen molar-refractivity contribution in [2.45, 2.75) is 0 Å². The molecule has 7 nitrogen and oxygen atoms in total. The number of urea groups is 1. The summed E-state index contributed by atoms with van der Waals surface area (Å²) in [5.41, 5.74) is 0.116.